The summed E-state index contributed by atoms with van der Waals surface area (Å²) in [5, 5.41) is 9.95. The Bertz CT molecular complexity index is 1290. The number of methoxy groups -OCH3 is 1. The molecule has 11 heteroatoms. The van der Waals surface area contributed by atoms with E-state index in [0.717, 1.165) is 37.4 Å². The second-order valence-electron chi connectivity index (χ2n) is 10.1. The molecule has 192 valence electrons. The van der Waals surface area contributed by atoms with Gasteiger partial charge in [0.25, 0.3) is 0 Å². The Morgan fingerprint density at radius 2 is 2.00 bits per heavy atom. The number of benzene rings is 1. The van der Waals surface area contributed by atoms with Crippen LogP contribution in [0.2, 0.25) is 0 Å². The third kappa shape index (κ3) is 4.84. The van der Waals surface area contributed by atoms with Gasteiger partial charge in [-0.1, -0.05) is 6.07 Å². The van der Waals surface area contributed by atoms with Gasteiger partial charge >= 0.3 is 12.3 Å². The van der Waals surface area contributed by atoms with E-state index in [2.05, 4.69) is 44.7 Å². The molecule has 1 amide bonds. The monoisotopic (exact) mass is 502 g/mol. The molecule has 2 fully saturated rings. The van der Waals surface area contributed by atoms with Crippen LogP contribution in [0.3, 0.4) is 0 Å². The van der Waals surface area contributed by atoms with Gasteiger partial charge in [-0.05, 0) is 51.5 Å². The van der Waals surface area contributed by atoms with Crippen LogP contribution in [0, 0.1) is 0 Å². The van der Waals surface area contributed by atoms with Gasteiger partial charge < -0.3 is 20.4 Å². The molecule has 1 aromatic carbocycles. The number of hydrogen-bond acceptors (Lipinski definition) is 6. The molecule has 1 saturated carbocycles. The molecule has 1 atom stereocenters. The van der Waals surface area contributed by atoms with Crippen molar-refractivity contribution in [2.45, 2.75) is 63.2 Å². The van der Waals surface area contributed by atoms with Crippen molar-refractivity contribution in [3.05, 3.63) is 35.7 Å². The number of carbonyl (C=O) groups is 1. The maximum atomic E-state index is 14.0. The number of hydrogen-bond donors (Lipinski definition) is 4. The Balaban J connectivity index is 1.55. The van der Waals surface area contributed by atoms with Gasteiger partial charge in [0.15, 0.2) is 0 Å². The lowest BCUT2D eigenvalue weighted by Crippen LogP contribution is -2.50. The number of fused-ring (bicyclic) bond motifs is 1. The van der Waals surface area contributed by atoms with Crippen molar-refractivity contribution in [1.82, 2.24) is 20.3 Å². The van der Waals surface area contributed by atoms with Crippen LogP contribution >= 0.6 is 0 Å². The van der Waals surface area contributed by atoms with Gasteiger partial charge in [-0.25, -0.2) is 14.8 Å². The number of nitrogens with one attached hydrogen (secondary N) is 4. The topological polar surface area (TPSA) is 104 Å². The quantitative estimate of drug-likeness (QED) is 0.360. The number of nitrogens with zero attached hydrogens (tertiary/aromatic N) is 2. The second-order valence-corrected chi connectivity index (χ2v) is 10.1. The zero-order valence-corrected chi connectivity index (χ0v) is 20.3. The van der Waals surface area contributed by atoms with Crippen LogP contribution in [-0.2, 0) is 10.9 Å². The van der Waals surface area contributed by atoms with Crippen molar-refractivity contribution in [3.8, 4) is 11.3 Å². The van der Waals surface area contributed by atoms with Crippen LogP contribution in [0.25, 0.3) is 22.2 Å². The van der Waals surface area contributed by atoms with E-state index in [1.54, 1.807) is 18.3 Å². The highest BCUT2D eigenvalue weighted by Crippen LogP contribution is 2.48. The number of anilines is 2. The highest BCUT2D eigenvalue weighted by Gasteiger charge is 2.37. The number of alkyl halides is 3. The molecule has 0 spiro atoms. The lowest BCUT2D eigenvalue weighted by molar-refractivity contribution is -0.137. The summed E-state index contributed by atoms with van der Waals surface area (Å²) >= 11 is 0. The van der Waals surface area contributed by atoms with Crippen LogP contribution < -0.4 is 16.0 Å². The first-order valence-electron chi connectivity index (χ1n) is 12.0. The summed E-state index contributed by atoms with van der Waals surface area (Å²) < 4.78 is 46.7. The molecular weight excluding hydrogens is 473 g/mol. The normalized spacial score (nSPS) is 19.8. The number of halogens is 3. The lowest BCUT2D eigenvalue weighted by Gasteiger charge is -2.36. The fraction of sp³-hybridized carbons (Fsp3) is 0.480. The summed E-state index contributed by atoms with van der Waals surface area (Å²) in [7, 11) is 1.28. The van der Waals surface area contributed by atoms with Gasteiger partial charge in [0.2, 0.25) is 5.95 Å². The van der Waals surface area contributed by atoms with E-state index in [-0.39, 0.29) is 29.1 Å². The van der Waals surface area contributed by atoms with E-state index < -0.39 is 17.8 Å². The van der Waals surface area contributed by atoms with Gasteiger partial charge in [0, 0.05) is 52.7 Å². The minimum absolute atomic E-state index is 0.0130. The molecule has 2 aromatic heterocycles. The number of amides is 1. The van der Waals surface area contributed by atoms with Crippen LogP contribution in [-0.4, -0.2) is 46.3 Å². The first-order chi connectivity index (χ1) is 17.1. The van der Waals surface area contributed by atoms with Crippen molar-refractivity contribution in [2.75, 3.05) is 24.3 Å². The minimum atomic E-state index is -4.63. The first kappa shape index (κ1) is 24.4. The third-order valence-corrected chi connectivity index (χ3v) is 6.93. The average molecular weight is 503 g/mol. The van der Waals surface area contributed by atoms with Crippen LogP contribution in [0.15, 0.2) is 24.5 Å². The number of ether oxygens (including phenoxy) is 1. The molecule has 0 bridgehead atoms. The Labute approximate surface area is 206 Å². The number of piperidine rings is 1. The molecule has 1 aliphatic carbocycles. The Morgan fingerprint density at radius 3 is 2.64 bits per heavy atom. The summed E-state index contributed by atoms with van der Waals surface area (Å²) in [6.45, 7) is 4.91. The van der Waals surface area contributed by atoms with E-state index in [1.165, 1.54) is 7.11 Å². The molecule has 2 aliphatic rings. The van der Waals surface area contributed by atoms with Crippen LogP contribution in [0.4, 0.5) is 29.6 Å². The molecule has 5 rings (SSSR count). The molecule has 0 radical (unpaired) electrons. The zero-order valence-electron chi connectivity index (χ0n) is 20.3. The molecular formula is C25H29F3N6O2. The molecule has 1 saturated heterocycles. The molecule has 0 unspecified atom stereocenters. The van der Waals surface area contributed by atoms with Crippen LogP contribution in [0.1, 0.15) is 56.6 Å². The van der Waals surface area contributed by atoms with E-state index >= 15 is 0 Å². The minimum Gasteiger partial charge on any atom is -0.453 e. The molecule has 36 heavy (non-hydrogen) atoms. The van der Waals surface area contributed by atoms with Gasteiger partial charge in [-0.15, -0.1) is 0 Å². The van der Waals surface area contributed by atoms with E-state index in [9.17, 15) is 18.0 Å². The predicted octanol–water partition coefficient (Wildman–Crippen LogP) is 5.64. The van der Waals surface area contributed by atoms with Gasteiger partial charge in [-0.3, -0.25) is 5.32 Å². The van der Waals surface area contributed by atoms with Crippen molar-refractivity contribution in [3.63, 3.8) is 0 Å². The van der Waals surface area contributed by atoms with Gasteiger partial charge in [-0.2, -0.15) is 13.2 Å². The smallest absolute Gasteiger partial charge is 0.419 e. The van der Waals surface area contributed by atoms with E-state index in [0.29, 0.717) is 28.7 Å². The van der Waals surface area contributed by atoms with Crippen LogP contribution in [0.5, 0.6) is 0 Å². The average Bonchev–Trinajstić information content (AvgIpc) is 3.57. The summed E-state index contributed by atoms with van der Waals surface area (Å²) in [6, 6.07) is 3.41. The number of aromatic nitrogens is 3. The fourth-order valence-electron chi connectivity index (χ4n) is 4.78. The number of H-pyrrole nitrogens is 1. The first-order valence-corrected chi connectivity index (χ1v) is 12.0. The standard InChI is InChI=1S/C25H29F3N6O2/c1-24(2)9-8-14(10-31-24)32-22-30-12-17(25(26,27)28)20(34-22)16-11-29-21-15(16)6-7-18(33-23(35)36-3)19(21)13-4-5-13/h6-7,11-14,29,31H,4-5,8-10H2,1-3H3,(H,33,35)(H,30,32,34)/t14-/m0/s1. The van der Waals surface area contributed by atoms with Crippen molar-refractivity contribution in [1.29, 1.82) is 0 Å². The SMILES string of the molecule is COC(=O)Nc1ccc2c(-c3nc(N[C@H]4CCC(C)(C)NC4)ncc3C(F)(F)F)c[nH]c2c1C1CC1. The summed E-state index contributed by atoms with van der Waals surface area (Å²) in [6.07, 6.45) is 0.813. The predicted molar refractivity (Wildman–Crippen MR) is 131 cm³/mol. The molecule has 4 N–H and O–H groups in total. The van der Waals surface area contributed by atoms with E-state index in [4.69, 9.17) is 4.74 Å². The van der Waals surface area contributed by atoms with Crippen molar-refractivity contribution < 1.29 is 22.7 Å². The van der Waals surface area contributed by atoms with Gasteiger partial charge in [0.1, 0.15) is 5.56 Å². The molecule has 1 aliphatic heterocycles. The van der Waals surface area contributed by atoms with E-state index in [1.807, 2.05) is 0 Å². The Kier molecular flexibility index (Phi) is 6.06. The lowest BCUT2D eigenvalue weighted by atomic mass is 9.91. The third-order valence-electron chi connectivity index (χ3n) is 6.93. The Morgan fingerprint density at radius 1 is 1.22 bits per heavy atom. The summed E-state index contributed by atoms with van der Waals surface area (Å²) in [5.74, 6) is 0.366. The highest BCUT2D eigenvalue weighted by molar-refractivity contribution is 6.01. The maximum Gasteiger partial charge on any atom is 0.419 e. The highest BCUT2D eigenvalue weighted by atomic mass is 19.4. The largest absolute Gasteiger partial charge is 0.453 e. The second kappa shape index (κ2) is 8.95. The summed E-state index contributed by atoms with van der Waals surface area (Å²) in [4.78, 5) is 23.3. The number of carbonyl (C=O) groups excluding carboxylic acids is 1. The fourth-order valence-corrected chi connectivity index (χ4v) is 4.78. The summed E-state index contributed by atoms with van der Waals surface area (Å²) in [5.41, 5.74) is 1.39. The van der Waals surface area contributed by atoms with Gasteiger partial charge in [0.05, 0.1) is 18.3 Å². The number of aromatic amines is 1. The number of rotatable bonds is 5. The molecule has 8 nitrogen and oxygen atoms in total. The maximum absolute atomic E-state index is 14.0. The van der Waals surface area contributed by atoms with Crippen molar-refractivity contribution in [2.24, 2.45) is 0 Å². The molecule has 3 aromatic rings. The molecule has 3 heterocycles. The Hall–Kier alpha value is -3.34. The zero-order chi connectivity index (χ0) is 25.7. The van der Waals surface area contributed by atoms with Crippen molar-refractivity contribution >= 4 is 28.6 Å².